The Labute approximate surface area is 217 Å². The molecular weight excluding hydrogens is 556 g/mol. The Bertz CT molecular complexity index is 1440. The lowest BCUT2D eigenvalue weighted by molar-refractivity contribution is 0.354. The van der Waals surface area contributed by atoms with E-state index in [4.69, 9.17) is 25.5 Å². The number of benzene rings is 3. The van der Waals surface area contributed by atoms with Crippen molar-refractivity contribution < 1.29 is 22.3 Å². The van der Waals surface area contributed by atoms with Crippen molar-refractivity contribution in [3.05, 3.63) is 81.8 Å². The number of nitrogens with zero attached hydrogens (tertiary/aromatic N) is 1. The van der Waals surface area contributed by atoms with Crippen molar-refractivity contribution >= 4 is 43.3 Å². The summed E-state index contributed by atoms with van der Waals surface area (Å²) in [4.78, 5) is 4.44. The predicted octanol–water partition coefficient (Wildman–Crippen LogP) is 6.26. The average Bonchev–Trinajstić information content (AvgIpc) is 3.29. The molecule has 4 aromatic rings. The molecule has 0 amide bonds. The molecule has 10 heteroatoms. The molecule has 0 aliphatic rings. The summed E-state index contributed by atoms with van der Waals surface area (Å²) in [7, 11) is -0.819. The van der Waals surface area contributed by atoms with Crippen LogP contribution in [0.3, 0.4) is 0 Å². The molecule has 182 valence electrons. The summed E-state index contributed by atoms with van der Waals surface area (Å²) in [5, 5.41) is 3.29. The Hall–Kier alpha value is -3.01. The third-order valence-corrected chi connectivity index (χ3v) is 7.76. The fourth-order valence-corrected chi connectivity index (χ4v) is 5.19. The van der Waals surface area contributed by atoms with E-state index < -0.39 is 9.84 Å². The molecule has 0 atom stereocenters. The van der Waals surface area contributed by atoms with Gasteiger partial charge in [0.05, 0.1) is 29.7 Å². The fourth-order valence-electron chi connectivity index (χ4n) is 3.43. The summed E-state index contributed by atoms with van der Waals surface area (Å²) >= 11 is 9.64. The molecule has 1 aromatic heterocycles. The summed E-state index contributed by atoms with van der Waals surface area (Å²) in [5.74, 6) is 1.40. The van der Waals surface area contributed by atoms with E-state index in [0.717, 1.165) is 10.0 Å². The number of halogens is 2. The van der Waals surface area contributed by atoms with Gasteiger partial charge in [-0.1, -0.05) is 45.7 Å². The number of anilines is 1. The number of hydrogen-bond donors (Lipinski definition) is 1. The van der Waals surface area contributed by atoms with Crippen molar-refractivity contribution in [1.29, 1.82) is 0 Å². The van der Waals surface area contributed by atoms with E-state index in [-0.39, 0.29) is 21.7 Å². The molecule has 0 aliphatic carbocycles. The van der Waals surface area contributed by atoms with Crippen LogP contribution in [-0.2, 0) is 16.3 Å². The van der Waals surface area contributed by atoms with E-state index in [0.29, 0.717) is 35.1 Å². The van der Waals surface area contributed by atoms with Gasteiger partial charge in [0, 0.05) is 11.0 Å². The largest absolute Gasteiger partial charge is 0.493 e. The van der Waals surface area contributed by atoms with Crippen molar-refractivity contribution in [2.75, 3.05) is 26.1 Å². The van der Waals surface area contributed by atoms with E-state index in [2.05, 4.69) is 26.2 Å². The first-order chi connectivity index (χ1) is 16.8. The van der Waals surface area contributed by atoms with E-state index in [1.807, 2.05) is 18.2 Å². The van der Waals surface area contributed by atoms with Crippen LogP contribution >= 0.6 is 27.5 Å². The topological polar surface area (TPSA) is 90.7 Å². The van der Waals surface area contributed by atoms with Gasteiger partial charge in [-0.3, -0.25) is 0 Å². The van der Waals surface area contributed by atoms with Gasteiger partial charge in [-0.15, -0.1) is 0 Å². The van der Waals surface area contributed by atoms with Crippen molar-refractivity contribution in [2.24, 2.45) is 0 Å². The van der Waals surface area contributed by atoms with Crippen LogP contribution in [0.2, 0.25) is 5.02 Å². The number of ether oxygens (including phenoxy) is 2. The summed E-state index contributed by atoms with van der Waals surface area (Å²) in [6.45, 7) is 0.384. The van der Waals surface area contributed by atoms with Crippen LogP contribution in [0.15, 0.2) is 85.5 Å². The van der Waals surface area contributed by atoms with Crippen molar-refractivity contribution in [2.45, 2.75) is 16.3 Å². The van der Waals surface area contributed by atoms with E-state index in [1.165, 1.54) is 12.1 Å². The maximum Gasteiger partial charge on any atom is 0.233 e. The second-order valence-corrected chi connectivity index (χ2v) is 10.6. The lowest BCUT2D eigenvalue weighted by Crippen LogP contribution is -2.10. The maximum atomic E-state index is 13.4. The zero-order chi connectivity index (χ0) is 25.0. The molecule has 0 bridgehead atoms. The highest BCUT2D eigenvalue weighted by Gasteiger charge is 2.29. The molecule has 0 saturated carbocycles. The van der Waals surface area contributed by atoms with Crippen LogP contribution in [0.4, 0.5) is 5.88 Å². The first-order valence-electron chi connectivity index (χ1n) is 10.5. The van der Waals surface area contributed by atoms with Gasteiger partial charge in [-0.05, 0) is 60.5 Å². The number of nitrogens with one attached hydrogen (secondary N) is 1. The average molecular weight is 578 g/mol. The lowest BCUT2D eigenvalue weighted by Gasteiger charge is -2.10. The molecule has 0 fully saturated rings. The van der Waals surface area contributed by atoms with Gasteiger partial charge in [-0.2, -0.15) is 4.98 Å². The SMILES string of the molecule is COc1ccc(CCNc2oc(-c3ccccc3Cl)nc2S(=O)(=O)c2ccc(Br)cc2)cc1OC. The van der Waals surface area contributed by atoms with E-state index in [9.17, 15) is 8.42 Å². The molecule has 0 saturated heterocycles. The van der Waals surface area contributed by atoms with Crippen LogP contribution in [0.1, 0.15) is 5.56 Å². The Balaban J connectivity index is 1.66. The Morgan fingerprint density at radius 1 is 1.00 bits per heavy atom. The number of hydrogen-bond acceptors (Lipinski definition) is 7. The molecular formula is C25H22BrClN2O5S. The zero-order valence-electron chi connectivity index (χ0n) is 18.9. The Morgan fingerprint density at radius 3 is 2.40 bits per heavy atom. The summed E-state index contributed by atoms with van der Waals surface area (Å²) in [6, 6.07) is 18.9. The minimum Gasteiger partial charge on any atom is -0.493 e. The van der Waals surface area contributed by atoms with Crippen LogP contribution in [0.25, 0.3) is 11.5 Å². The van der Waals surface area contributed by atoms with Gasteiger partial charge in [0.25, 0.3) is 0 Å². The molecule has 0 aliphatic heterocycles. The number of aromatic nitrogens is 1. The Kier molecular flexibility index (Phi) is 7.69. The third-order valence-electron chi connectivity index (χ3n) is 5.23. The van der Waals surface area contributed by atoms with Gasteiger partial charge in [0.15, 0.2) is 11.5 Å². The second-order valence-electron chi connectivity index (χ2n) is 7.46. The molecule has 0 unspecified atom stereocenters. The predicted molar refractivity (Wildman–Crippen MR) is 138 cm³/mol. The lowest BCUT2D eigenvalue weighted by atomic mass is 10.1. The molecule has 1 N–H and O–H groups in total. The molecule has 3 aromatic carbocycles. The van der Waals surface area contributed by atoms with Crippen LogP contribution in [0.5, 0.6) is 11.5 Å². The maximum absolute atomic E-state index is 13.4. The van der Waals surface area contributed by atoms with Crippen molar-refractivity contribution in [3.63, 3.8) is 0 Å². The standard InChI is InChI=1S/C25H22BrClN2O5S/c1-32-21-12-7-16(15-22(21)33-2)13-14-28-24-25(35(30,31)18-10-8-17(26)9-11-18)29-23(34-24)19-5-3-4-6-20(19)27/h3-12,15,28H,13-14H2,1-2H3. The first-order valence-corrected chi connectivity index (χ1v) is 13.2. The molecule has 0 radical (unpaired) electrons. The van der Waals surface area contributed by atoms with Crippen LogP contribution in [-0.4, -0.2) is 34.2 Å². The number of rotatable bonds is 9. The quantitative estimate of drug-likeness (QED) is 0.251. The highest BCUT2D eigenvalue weighted by molar-refractivity contribution is 9.10. The highest BCUT2D eigenvalue weighted by Crippen LogP contribution is 2.35. The molecule has 1 heterocycles. The second kappa shape index (κ2) is 10.7. The number of sulfone groups is 1. The zero-order valence-corrected chi connectivity index (χ0v) is 22.1. The molecule has 35 heavy (non-hydrogen) atoms. The summed E-state index contributed by atoms with van der Waals surface area (Å²) in [6.07, 6.45) is 0.570. The summed E-state index contributed by atoms with van der Waals surface area (Å²) in [5.41, 5.74) is 1.47. The molecule has 0 spiro atoms. The van der Waals surface area contributed by atoms with E-state index in [1.54, 1.807) is 50.6 Å². The smallest absolute Gasteiger partial charge is 0.233 e. The number of oxazole rings is 1. The minimum absolute atomic E-state index is 0.0447. The van der Waals surface area contributed by atoms with Crippen molar-refractivity contribution in [3.8, 4) is 23.0 Å². The van der Waals surface area contributed by atoms with Gasteiger partial charge in [0.1, 0.15) is 0 Å². The van der Waals surface area contributed by atoms with Crippen molar-refractivity contribution in [1.82, 2.24) is 4.98 Å². The van der Waals surface area contributed by atoms with Gasteiger partial charge < -0.3 is 19.2 Å². The highest BCUT2D eigenvalue weighted by atomic mass is 79.9. The third kappa shape index (κ3) is 5.47. The van der Waals surface area contributed by atoms with Gasteiger partial charge >= 0.3 is 0 Å². The first kappa shape index (κ1) is 25.1. The molecule has 7 nitrogen and oxygen atoms in total. The van der Waals surface area contributed by atoms with Gasteiger partial charge in [0.2, 0.25) is 26.6 Å². The number of methoxy groups -OCH3 is 2. The van der Waals surface area contributed by atoms with Crippen LogP contribution < -0.4 is 14.8 Å². The molecule has 4 rings (SSSR count). The van der Waals surface area contributed by atoms with Crippen LogP contribution in [0, 0.1) is 0 Å². The minimum atomic E-state index is -3.97. The van der Waals surface area contributed by atoms with E-state index >= 15 is 0 Å². The van der Waals surface area contributed by atoms with Gasteiger partial charge in [-0.25, -0.2) is 8.42 Å². The summed E-state index contributed by atoms with van der Waals surface area (Å²) < 4.78 is 44.2. The fraction of sp³-hybridized carbons (Fsp3) is 0.160. The normalized spacial score (nSPS) is 11.3. The monoisotopic (exact) mass is 576 g/mol. The Morgan fingerprint density at radius 2 is 1.71 bits per heavy atom.